The molecule has 5 N–H and O–H groups in total. The number of carbonyl (C=O) groups is 2. The van der Waals surface area contributed by atoms with Crippen molar-refractivity contribution >= 4 is 35.0 Å². The van der Waals surface area contributed by atoms with Gasteiger partial charge in [-0.25, -0.2) is 0 Å². The van der Waals surface area contributed by atoms with E-state index in [1.165, 1.54) is 18.2 Å². The summed E-state index contributed by atoms with van der Waals surface area (Å²) in [5.74, 6) is -1.16. The number of hydrogen-bond acceptors (Lipinski definition) is 6. The van der Waals surface area contributed by atoms with Gasteiger partial charge in [0.05, 0.1) is 17.5 Å². The first-order valence-electron chi connectivity index (χ1n) is 12.1. The molecule has 2 amide bonds. The summed E-state index contributed by atoms with van der Waals surface area (Å²) < 4.78 is 41.1. The topological polar surface area (TPSA) is 117 Å². The van der Waals surface area contributed by atoms with Gasteiger partial charge in [0.25, 0.3) is 0 Å². The van der Waals surface area contributed by atoms with Crippen molar-refractivity contribution in [2.24, 2.45) is 0 Å². The number of benzene rings is 3. The number of hydrogen-bond donors (Lipinski definition) is 4. The highest BCUT2D eigenvalue weighted by Gasteiger charge is 2.33. The van der Waals surface area contributed by atoms with Crippen LogP contribution >= 0.6 is 0 Å². The van der Waals surface area contributed by atoms with E-state index in [9.17, 15) is 27.9 Å². The molecule has 0 aliphatic carbocycles. The van der Waals surface area contributed by atoms with Crippen LogP contribution < -0.4 is 21.1 Å². The van der Waals surface area contributed by atoms with Crippen LogP contribution in [-0.2, 0) is 9.59 Å². The summed E-state index contributed by atoms with van der Waals surface area (Å²) in [5.41, 5.74) is 8.46. The third-order valence-corrected chi connectivity index (χ3v) is 6.06. The Morgan fingerprint density at radius 2 is 1.72 bits per heavy atom. The lowest BCUT2D eigenvalue weighted by atomic mass is 10.0. The van der Waals surface area contributed by atoms with Gasteiger partial charge >= 0.3 is 6.36 Å². The number of alkyl halides is 3. The van der Waals surface area contributed by atoms with E-state index in [0.717, 1.165) is 17.7 Å². The van der Waals surface area contributed by atoms with Crippen molar-refractivity contribution in [1.29, 1.82) is 0 Å². The molecular formula is C28H27F3N4O4. The molecule has 0 bridgehead atoms. The number of amides is 2. The number of likely N-dealkylation sites (tertiary alicyclic amines) is 1. The molecule has 0 radical (unpaired) electrons. The second-order valence-electron chi connectivity index (χ2n) is 8.98. The number of halogens is 3. The van der Waals surface area contributed by atoms with Crippen molar-refractivity contribution in [3.05, 3.63) is 90.0 Å². The van der Waals surface area contributed by atoms with Crippen LogP contribution in [0.2, 0.25) is 0 Å². The van der Waals surface area contributed by atoms with E-state index in [0.29, 0.717) is 42.1 Å². The summed E-state index contributed by atoms with van der Waals surface area (Å²) in [6, 6.07) is 18.0. The maximum Gasteiger partial charge on any atom is 0.573 e. The number of nitrogens with one attached hydrogen (secondary N) is 2. The maximum absolute atomic E-state index is 13.3. The quantitative estimate of drug-likeness (QED) is 0.246. The van der Waals surface area contributed by atoms with Gasteiger partial charge in [0.2, 0.25) is 11.8 Å². The highest BCUT2D eigenvalue weighted by molar-refractivity contribution is 6.03. The van der Waals surface area contributed by atoms with Crippen molar-refractivity contribution in [1.82, 2.24) is 4.90 Å². The van der Waals surface area contributed by atoms with Crippen LogP contribution in [0.25, 0.3) is 6.08 Å². The molecule has 0 spiro atoms. The van der Waals surface area contributed by atoms with Crippen molar-refractivity contribution in [3.8, 4) is 5.75 Å². The summed E-state index contributed by atoms with van der Waals surface area (Å²) in [5, 5.41) is 15.5. The lowest BCUT2D eigenvalue weighted by Gasteiger charge is -2.27. The summed E-state index contributed by atoms with van der Waals surface area (Å²) in [6.45, 7) is 0.781. The van der Waals surface area contributed by atoms with Crippen LogP contribution in [0.15, 0.2) is 78.9 Å². The average molecular weight is 541 g/mol. The number of nitrogen functional groups attached to an aromatic ring is 1. The predicted molar refractivity (Wildman–Crippen MR) is 142 cm³/mol. The minimum Gasteiger partial charge on any atom is -0.406 e. The van der Waals surface area contributed by atoms with Crippen LogP contribution in [0.3, 0.4) is 0 Å². The maximum atomic E-state index is 13.3. The largest absolute Gasteiger partial charge is 0.573 e. The van der Waals surface area contributed by atoms with Gasteiger partial charge in [-0.1, -0.05) is 36.4 Å². The van der Waals surface area contributed by atoms with Crippen molar-refractivity contribution in [2.75, 3.05) is 29.5 Å². The Kier molecular flexibility index (Phi) is 8.52. The number of aliphatic hydroxyl groups excluding tert-OH is 1. The van der Waals surface area contributed by atoms with Gasteiger partial charge in [0.1, 0.15) is 11.8 Å². The number of rotatable bonds is 8. The Balaban J connectivity index is 1.45. The van der Waals surface area contributed by atoms with E-state index in [2.05, 4.69) is 15.4 Å². The Morgan fingerprint density at radius 3 is 2.33 bits per heavy atom. The molecule has 4 rings (SSSR count). The van der Waals surface area contributed by atoms with E-state index in [1.54, 1.807) is 54.6 Å². The highest BCUT2D eigenvalue weighted by Crippen LogP contribution is 2.29. The van der Waals surface area contributed by atoms with Gasteiger partial charge in [-0.2, -0.15) is 0 Å². The van der Waals surface area contributed by atoms with Crippen molar-refractivity contribution < 1.29 is 32.6 Å². The molecule has 2 atom stereocenters. The molecule has 0 saturated carbocycles. The minimum absolute atomic E-state index is 0.293. The minimum atomic E-state index is -4.81. The number of β-amino-alcohol motifs (C(OH)–C–C–N with tert-alkyl or cyclic N) is 1. The molecule has 1 fully saturated rings. The van der Waals surface area contributed by atoms with Crippen LogP contribution in [-0.4, -0.2) is 47.4 Å². The first kappa shape index (κ1) is 27.7. The molecule has 11 heteroatoms. The second-order valence-corrected chi connectivity index (χ2v) is 8.98. The van der Waals surface area contributed by atoms with Gasteiger partial charge in [-0.15, -0.1) is 13.2 Å². The Hall–Kier alpha value is -4.35. The van der Waals surface area contributed by atoms with Crippen LogP contribution in [0.1, 0.15) is 23.6 Å². The predicted octanol–water partition coefficient (Wildman–Crippen LogP) is 4.57. The number of carbonyl (C=O) groups excluding carboxylic acids is 2. The Labute approximate surface area is 222 Å². The third kappa shape index (κ3) is 7.82. The Bertz CT molecular complexity index is 1330. The molecule has 204 valence electrons. The van der Waals surface area contributed by atoms with Gasteiger partial charge in [0, 0.05) is 24.9 Å². The first-order valence-corrected chi connectivity index (χ1v) is 12.1. The number of anilines is 3. The Morgan fingerprint density at radius 1 is 1.03 bits per heavy atom. The van der Waals surface area contributed by atoms with E-state index in [1.807, 2.05) is 4.90 Å². The second kappa shape index (κ2) is 12.0. The summed E-state index contributed by atoms with van der Waals surface area (Å²) in [4.78, 5) is 27.4. The average Bonchev–Trinajstić information content (AvgIpc) is 3.31. The fourth-order valence-corrected chi connectivity index (χ4v) is 4.23. The molecule has 3 aromatic rings. The van der Waals surface area contributed by atoms with Gasteiger partial charge in [-0.3, -0.25) is 14.5 Å². The molecule has 1 aliphatic rings. The van der Waals surface area contributed by atoms with Gasteiger partial charge in [0.15, 0.2) is 0 Å². The monoisotopic (exact) mass is 540 g/mol. The van der Waals surface area contributed by atoms with Crippen molar-refractivity contribution in [3.63, 3.8) is 0 Å². The molecule has 1 saturated heterocycles. The molecule has 1 aliphatic heterocycles. The van der Waals surface area contributed by atoms with E-state index in [4.69, 9.17) is 5.73 Å². The van der Waals surface area contributed by atoms with Crippen molar-refractivity contribution in [2.45, 2.75) is 24.9 Å². The number of aliphatic hydroxyl groups is 1. The molecule has 8 nitrogen and oxygen atoms in total. The highest BCUT2D eigenvalue weighted by atomic mass is 19.4. The standard InChI is InChI=1S/C28H27F3N4O4/c29-28(30,31)39-22-12-10-20(11-13-22)33-27(38)26(35-16-15-21(36)17-35)19-8-5-18(6-9-19)7-14-25(37)34-24-4-2-1-3-23(24)32/h1-14,21,26,36H,15-17,32H2,(H,33,38)(H,34,37). The zero-order valence-corrected chi connectivity index (χ0v) is 20.7. The fraction of sp³-hybridized carbons (Fsp3) is 0.214. The molecule has 1 heterocycles. The number of para-hydroxylation sites is 2. The molecule has 0 aromatic heterocycles. The van der Waals surface area contributed by atoms with E-state index >= 15 is 0 Å². The molecular weight excluding hydrogens is 513 g/mol. The lowest BCUT2D eigenvalue weighted by Crippen LogP contribution is -2.36. The normalized spacial score (nSPS) is 16.7. The van der Waals surface area contributed by atoms with Crippen LogP contribution in [0, 0.1) is 0 Å². The fourth-order valence-electron chi connectivity index (χ4n) is 4.23. The number of nitrogens with two attached hydrogens (primary N) is 1. The lowest BCUT2D eigenvalue weighted by molar-refractivity contribution is -0.274. The SMILES string of the molecule is Nc1ccccc1NC(=O)C=Cc1ccc(C(C(=O)Nc2ccc(OC(F)(F)F)cc2)N2CCC(O)C2)cc1. The zero-order valence-electron chi connectivity index (χ0n) is 20.7. The molecule has 2 unspecified atom stereocenters. The number of nitrogens with zero attached hydrogens (tertiary/aromatic N) is 1. The van der Waals surface area contributed by atoms with E-state index < -0.39 is 30.2 Å². The van der Waals surface area contributed by atoms with Crippen LogP contribution in [0.5, 0.6) is 5.75 Å². The van der Waals surface area contributed by atoms with Gasteiger partial charge < -0.3 is 26.2 Å². The first-order chi connectivity index (χ1) is 18.6. The zero-order chi connectivity index (χ0) is 28.0. The van der Waals surface area contributed by atoms with Crippen LogP contribution in [0.4, 0.5) is 30.2 Å². The van der Waals surface area contributed by atoms with Gasteiger partial charge in [-0.05, 0) is 60.0 Å². The third-order valence-electron chi connectivity index (χ3n) is 6.06. The van der Waals surface area contributed by atoms with E-state index in [-0.39, 0.29) is 5.91 Å². The summed E-state index contributed by atoms with van der Waals surface area (Å²) in [7, 11) is 0. The smallest absolute Gasteiger partial charge is 0.406 e. The summed E-state index contributed by atoms with van der Waals surface area (Å²) >= 11 is 0. The molecule has 39 heavy (non-hydrogen) atoms. The molecule has 3 aromatic carbocycles. The number of ether oxygens (including phenoxy) is 1. The summed E-state index contributed by atoms with van der Waals surface area (Å²) in [6.07, 6.45) is -1.88.